The molecule has 0 saturated carbocycles. The number of rotatable bonds is 6. The van der Waals surface area contributed by atoms with E-state index in [9.17, 15) is 0 Å². The van der Waals surface area contributed by atoms with Gasteiger partial charge in [-0.05, 0) is 44.9 Å². The van der Waals surface area contributed by atoms with Crippen molar-refractivity contribution in [3.8, 4) is 0 Å². The summed E-state index contributed by atoms with van der Waals surface area (Å²) in [4.78, 5) is 0. The topological polar surface area (TPSA) is 12.0 Å². The van der Waals surface area contributed by atoms with Gasteiger partial charge in [0.05, 0.1) is 8.67 Å². The van der Waals surface area contributed by atoms with Gasteiger partial charge in [0.25, 0.3) is 0 Å². The Hall–Kier alpha value is -0.540. The average Bonchev–Trinajstić information content (AvgIpc) is 2.72. The van der Waals surface area contributed by atoms with Crippen LogP contribution in [-0.4, -0.2) is 6.54 Å². The summed E-state index contributed by atoms with van der Waals surface area (Å²) in [6, 6.07) is 8.89. The van der Waals surface area contributed by atoms with Crippen LogP contribution in [0.25, 0.3) is 0 Å². The zero-order valence-electron chi connectivity index (χ0n) is 12.7. The lowest BCUT2D eigenvalue weighted by atomic mass is 9.98. The predicted molar refractivity (Wildman–Crippen MR) is 95.0 cm³/mol. The van der Waals surface area contributed by atoms with Gasteiger partial charge in [0.2, 0.25) is 0 Å². The van der Waals surface area contributed by atoms with Gasteiger partial charge in [-0.1, -0.05) is 59.5 Å². The minimum atomic E-state index is 0.211. The van der Waals surface area contributed by atoms with Crippen molar-refractivity contribution < 1.29 is 0 Å². The van der Waals surface area contributed by atoms with Gasteiger partial charge in [-0.15, -0.1) is 11.3 Å². The molecule has 1 heterocycles. The maximum atomic E-state index is 6.34. The van der Waals surface area contributed by atoms with Crippen molar-refractivity contribution >= 4 is 34.5 Å². The maximum Gasteiger partial charge on any atom is 0.0992 e. The first-order chi connectivity index (χ1) is 9.99. The molecule has 0 fully saturated rings. The first kappa shape index (κ1) is 16.8. The van der Waals surface area contributed by atoms with Gasteiger partial charge in [-0.3, -0.25) is 0 Å². The van der Waals surface area contributed by atoms with Crippen LogP contribution in [0.1, 0.15) is 41.6 Å². The molecule has 1 aromatic carbocycles. The quantitative estimate of drug-likeness (QED) is 0.683. The predicted octanol–water partition coefficient (Wildman–Crippen LogP) is 5.96. The number of halogens is 2. The highest BCUT2D eigenvalue weighted by atomic mass is 35.5. The molecular formula is C17H21Cl2NS. The summed E-state index contributed by atoms with van der Waals surface area (Å²) < 4.78 is 1.54. The summed E-state index contributed by atoms with van der Waals surface area (Å²) in [7, 11) is 0. The van der Waals surface area contributed by atoms with Crippen LogP contribution in [0.15, 0.2) is 24.3 Å². The SMILES string of the molecule is CCCNC(Cc1cc(C)cc(C)c1)c1cc(Cl)sc1Cl. The van der Waals surface area contributed by atoms with Crippen molar-refractivity contribution in [1.82, 2.24) is 5.32 Å². The Labute approximate surface area is 141 Å². The van der Waals surface area contributed by atoms with E-state index >= 15 is 0 Å². The molecule has 1 aromatic heterocycles. The van der Waals surface area contributed by atoms with Gasteiger partial charge in [0.1, 0.15) is 0 Å². The molecule has 1 nitrogen and oxygen atoms in total. The normalized spacial score (nSPS) is 12.6. The summed E-state index contributed by atoms with van der Waals surface area (Å²) in [6.07, 6.45) is 2.02. The van der Waals surface area contributed by atoms with E-state index in [2.05, 4.69) is 44.3 Å². The minimum absolute atomic E-state index is 0.211. The molecule has 2 aromatic rings. The molecule has 0 aliphatic rings. The van der Waals surface area contributed by atoms with Gasteiger partial charge in [0.15, 0.2) is 0 Å². The van der Waals surface area contributed by atoms with Gasteiger partial charge >= 0.3 is 0 Å². The third-order valence-electron chi connectivity index (χ3n) is 3.42. The van der Waals surface area contributed by atoms with Crippen LogP contribution in [-0.2, 0) is 6.42 Å². The van der Waals surface area contributed by atoms with Crippen molar-refractivity contribution in [1.29, 1.82) is 0 Å². The highest BCUT2D eigenvalue weighted by Gasteiger charge is 2.18. The summed E-state index contributed by atoms with van der Waals surface area (Å²) >= 11 is 13.9. The van der Waals surface area contributed by atoms with Gasteiger partial charge in [-0.2, -0.15) is 0 Å². The molecule has 0 bridgehead atoms. The Morgan fingerprint density at radius 3 is 2.29 bits per heavy atom. The van der Waals surface area contributed by atoms with E-state index < -0.39 is 0 Å². The maximum absolute atomic E-state index is 6.34. The minimum Gasteiger partial charge on any atom is -0.310 e. The van der Waals surface area contributed by atoms with E-state index in [0.717, 1.165) is 33.6 Å². The number of hydrogen-bond acceptors (Lipinski definition) is 2. The number of aryl methyl sites for hydroxylation is 2. The molecule has 0 amide bonds. The molecule has 114 valence electrons. The third-order valence-corrected chi connectivity index (χ3v) is 4.94. The van der Waals surface area contributed by atoms with Gasteiger partial charge < -0.3 is 5.32 Å². The fourth-order valence-corrected chi connectivity index (χ4v) is 4.20. The highest BCUT2D eigenvalue weighted by molar-refractivity contribution is 7.20. The molecule has 0 aliphatic carbocycles. The molecule has 2 rings (SSSR count). The number of thiophene rings is 1. The summed E-state index contributed by atoms with van der Waals surface area (Å²) in [5.74, 6) is 0. The fraction of sp³-hybridized carbons (Fsp3) is 0.412. The molecule has 1 N–H and O–H groups in total. The molecule has 0 radical (unpaired) electrons. The number of benzene rings is 1. The second-order valence-electron chi connectivity index (χ2n) is 5.49. The van der Waals surface area contributed by atoms with Crippen molar-refractivity contribution in [2.45, 2.75) is 39.7 Å². The Kier molecular flexibility index (Phi) is 6.12. The smallest absolute Gasteiger partial charge is 0.0992 e. The standard InChI is InChI=1S/C17H21Cl2NS/c1-4-5-20-15(14-10-16(18)21-17(14)19)9-13-7-11(2)6-12(3)8-13/h6-8,10,15,20H,4-5,9H2,1-3H3. The van der Waals surface area contributed by atoms with Gasteiger partial charge in [-0.25, -0.2) is 0 Å². The first-order valence-corrected chi connectivity index (χ1v) is 8.82. The number of hydrogen-bond donors (Lipinski definition) is 1. The van der Waals surface area contributed by atoms with E-state index in [1.165, 1.54) is 28.0 Å². The lowest BCUT2D eigenvalue weighted by Gasteiger charge is -2.19. The van der Waals surface area contributed by atoms with Crippen LogP contribution in [0.3, 0.4) is 0 Å². The zero-order valence-corrected chi connectivity index (χ0v) is 15.0. The molecule has 0 spiro atoms. The van der Waals surface area contributed by atoms with Crippen LogP contribution < -0.4 is 5.32 Å². The molecule has 1 atom stereocenters. The van der Waals surface area contributed by atoms with Crippen molar-refractivity contribution in [2.75, 3.05) is 6.54 Å². The van der Waals surface area contributed by atoms with Crippen LogP contribution >= 0.6 is 34.5 Å². The van der Waals surface area contributed by atoms with Crippen molar-refractivity contribution in [3.05, 3.63) is 55.2 Å². The largest absolute Gasteiger partial charge is 0.310 e. The second kappa shape index (κ2) is 7.64. The average molecular weight is 342 g/mol. The summed E-state index contributed by atoms with van der Waals surface area (Å²) in [5, 5.41) is 3.59. The number of nitrogens with one attached hydrogen (secondary N) is 1. The first-order valence-electron chi connectivity index (χ1n) is 7.25. The zero-order chi connectivity index (χ0) is 15.4. The van der Waals surface area contributed by atoms with Crippen LogP contribution in [0.4, 0.5) is 0 Å². The molecule has 1 unspecified atom stereocenters. The molecule has 21 heavy (non-hydrogen) atoms. The Balaban J connectivity index is 2.25. The summed E-state index contributed by atoms with van der Waals surface area (Å²) in [5.41, 5.74) is 5.04. The van der Waals surface area contributed by atoms with Crippen molar-refractivity contribution in [2.24, 2.45) is 0 Å². The molecule has 0 aliphatic heterocycles. The van der Waals surface area contributed by atoms with Gasteiger partial charge in [0, 0.05) is 11.6 Å². The van der Waals surface area contributed by atoms with E-state index in [1.807, 2.05) is 6.07 Å². The van der Waals surface area contributed by atoms with E-state index in [4.69, 9.17) is 23.2 Å². The van der Waals surface area contributed by atoms with Crippen LogP contribution in [0.2, 0.25) is 8.67 Å². The van der Waals surface area contributed by atoms with E-state index in [1.54, 1.807) is 0 Å². The summed E-state index contributed by atoms with van der Waals surface area (Å²) in [6.45, 7) is 7.42. The highest BCUT2D eigenvalue weighted by Crippen LogP contribution is 2.36. The molecule has 4 heteroatoms. The molecular weight excluding hydrogens is 321 g/mol. The Morgan fingerprint density at radius 1 is 1.10 bits per heavy atom. The second-order valence-corrected chi connectivity index (χ2v) is 7.77. The Morgan fingerprint density at radius 2 is 1.76 bits per heavy atom. The fourth-order valence-electron chi connectivity index (χ4n) is 2.62. The van der Waals surface area contributed by atoms with Crippen molar-refractivity contribution in [3.63, 3.8) is 0 Å². The third kappa shape index (κ3) is 4.72. The lowest BCUT2D eigenvalue weighted by Crippen LogP contribution is -2.24. The van der Waals surface area contributed by atoms with Crippen LogP contribution in [0.5, 0.6) is 0 Å². The van der Waals surface area contributed by atoms with E-state index in [-0.39, 0.29) is 6.04 Å². The van der Waals surface area contributed by atoms with Crippen LogP contribution in [0, 0.1) is 13.8 Å². The van der Waals surface area contributed by atoms with E-state index in [0.29, 0.717) is 0 Å². The molecule has 0 saturated heterocycles. The monoisotopic (exact) mass is 341 g/mol. The Bertz CT molecular complexity index is 587. The lowest BCUT2D eigenvalue weighted by molar-refractivity contribution is 0.530.